The van der Waals surface area contributed by atoms with E-state index in [1.165, 1.54) is 12.1 Å². The Labute approximate surface area is 111 Å². The van der Waals surface area contributed by atoms with Gasteiger partial charge in [0.2, 0.25) is 9.84 Å². The Morgan fingerprint density at radius 1 is 1.21 bits per heavy atom. The van der Waals surface area contributed by atoms with Crippen LogP contribution in [0.2, 0.25) is 0 Å². The molecule has 0 bridgehead atoms. The fraction of sp³-hybridized carbons (Fsp3) is 0.500. The average molecular weight is 292 g/mol. The van der Waals surface area contributed by atoms with Crippen LogP contribution in [-0.4, -0.2) is 26.8 Å². The van der Waals surface area contributed by atoms with E-state index in [-0.39, 0.29) is 10.9 Å². The Bertz CT molecular complexity index is 501. The minimum Gasteiger partial charge on any atom is -0.381 e. The molecule has 1 atom stereocenters. The number of anilines is 1. The van der Waals surface area contributed by atoms with Gasteiger partial charge >= 0.3 is 5.76 Å². The quantitative estimate of drug-likeness (QED) is 0.842. The van der Waals surface area contributed by atoms with Crippen molar-refractivity contribution >= 4 is 15.5 Å². The molecule has 0 aliphatic rings. The van der Waals surface area contributed by atoms with Crippen molar-refractivity contribution in [3.05, 3.63) is 24.3 Å². The third-order valence-electron chi connectivity index (χ3n) is 2.83. The highest BCUT2D eigenvalue weighted by atomic mass is 32.2. The Morgan fingerprint density at radius 3 is 2.11 bits per heavy atom. The number of nitrogens with two attached hydrogens (primary N) is 1. The topological polar surface area (TPSA) is 72.2 Å². The average Bonchev–Trinajstić information content (AvgIpc) is 2.35. The van der Waals surface area contributed by atoms with Crippen molar-refractivity contribution in [3.63, 3.8) is 0 Å². The zero-order chi connectivity index (χ0) is 14.6. The van der Waals surface area contributed by atoms with E-state index in [2.05, 4.69) is 5.32 Å². The van der Waals surface area contributed by atoms with E-state index in [9.17, 15) is 17.2 Å². The summed E-state index contributed by atoms with van der Waals surface area (Å²) in [5.74, 6) is -3.10. The van der Waals surface area contributed by atoms with Crippen LogP contribution in [0.1, 0.15) is 13.8 Å². The zero-order valence-corrected chi connectivity index (χ0v) is 11.6. The van der Waals surface area contributed by atoms with Gasteiger partial charge in [0, 0.05) is 18.3 Å². The van der Waals surface area contributed by atoms with Gasteiger partial charge in [-0.2, -0.15) is 8.78 Å². The van der Waals surface area contributed by atoms with Crippen molar-refractivity contribution in [3.8, 4) is 0 Å². The van der Waals surface area contributed by atoms with Crippen LogP contribution < -0.4 is 11.1 Å². The van der Waals surface area contributed by atoms with E-state index in [0.717, 1.165) is 12.1 Å². The first kappa shape index (κ1) is 15.8. The lowest BCUT2D eigenvalue weighted by molar-refractivity contribution is 0.234. The van der Waals surface area contributed by atoms with Gasteiger partial charge in [0.05, 0.1) is 4.90 Å². The van der Waals surface area contributed by atoms with E-state index < -0.39 is 15.6 Å². The van der Waals surface area contributed by atoms with Crippen LogP contribution in [0.25, 0.3) is 0 Å². The Balaban J connectivity index is 2.89. The summed E-state index contributed by atoms with van der Waals surface area (Å²) >= 11 is 0. The largest absolute Gasteiger partial charge is 0.381 e. The molecule has 0 aromatic heterocycles. The SMILES string of the molecule is CC(C)C(CN)Nc1ccc(S(=O)(=O)C(F)F)cc1. The second kappa shape index (κ2) is 6.29. The van der Waals surface area contributed by atoms with Crippen LogP contribution in [0.15, 0.2) is 29.2 Å². The molecular formula is C12H18F2N2O2S. The molecule has 7 heteroatoms. The lowest BCUT2D eigenvalue weighted by Crippen LogP contribution is -2.33. The van der Waals surface area contributed by atoms with Crippen molar-refractivity contribution in [1.82, 2.24) is 0 Å². The van der Waals surface area contributed by atoms with Gasteiger partial charge in [-0.05, 0) is 30.2 Å². The summed E-state index contributed by atoms with van der Waals surface area (Å²) in [5.41, 5.74) is 6.25. The molecule has 108 valence electrons. The molecule has 0 radical (unpaired) electrons. The molecule has 0 saturated heterocycles. The predicted octanol–water partition coefficient (Wildman–Crippen LogP) is 2.08. The number of hydrogen-bond donors (Lipinski definition) is 2. The maximum absolute atomic E-state index is 12.3. The van der Waals surface area contributed by atoms with Gasteiger partial charge in [-0.25, -0.2) is 8.42 Å². The summed E-state index contributed by atoms with van der Waals surface area (Å²) in [5, 5.41) is 3.13. The van der Waals surface area contributed by atoms with E-state index in [1.807, 2.05) is 13.8 Å². The third kappa shape index (κ3) is 3.87. The summed E-state index contributed by atoms with van der Waals surface area (Å²) in [6, 6.07) is 5.29. The molecule has 1 unspecified atom stereocenters. The fourth-order valence-corrected chi connectivity index (χ4v) is 2.28. The van der Waals surface area contributed by atoms with Crippen molar-refractivity contribution < 1.29 is 17.2 Å². The van der Waals surface area contributed by atoms with Crippen LogP contribution in [0.3, 0.4) is 0 Å². The standard InChI is InChI=1S/C12H18F2N2O2S/c1-8(2)11(7-15)16-9-3-5-10(6-4-9)19(17,18)12(13)14/h3-6,8,11-12,16H,7,15H2,1-2H3. The van der Waals surface area contributed by atoms with Crippen LogP contribution >= 0.6 is 0 Å². The number of hydrogen-bond acceptors (Lipinski definition) is 4. The molecule has 1 aromatic rings. The Kier molecular flexibility index (Phi) is 5.25. The molecule has 0 aliphatic carbocycles. The normalized spacial score (nSPS) is 13.8. The first-order valence-corrected chi connectivity index (χ1v) is 7.42. The van der Waals surface area contributed by atoms with Crippen LogP contribution in [-0.2, 0) is 9.84 Å². The minimum atomic E-state index is -4.53. The highest BCUT2D eigenvalue weighted by Crippen LogP contribution is 2.21. The molecule has 0 amide bonds. The maximum Gasteiger partial charge on any atom is 0.341 e. The molecular weight excluding hydrogens is 274 g/mol. The van der Waals surface area contributed by atoms with Gasteiger partial charge in [-0.3, -0.25) is 0 Å². The molecule has 1 rings (SSSR count). The Morgan fingerprint density at radius 2 is 1.74 bits per heavy atom. The molecule has 0 aliphatic heterocycles. The molecule has 1 aromatic carbocycles. The fourth-order valence-electron chi connectivity index (χ4n) is 1.56. The summed E-state index contributed by atoms with van der Waals surface area (Å²) in [6.45, 7) is 4.43. The number of benzene rings is 1. The molecule has 0 heterocycles. The van der Waals surface area contributed by atoms with Crippen molar-refractivity contribution in [2.75, 3.05) is 11.9 Å². The van der Waals surface area contributed by atoms with Gasteiger partial charge in [0.15, 0.2) is 0 Å². The molecule has 0 saturated carbocycles. The van der Waals surface area contributed by atoms with Crippen LogP contribution in [0, 0.1) is 5.92 Å². The second-order valence-electron chi connectivity index (χ2n) is 4.56. The Hall–Kier alpha value is -1.21. The third-order valence-corrected chi connectivity index (χ3v) is 4.23. The number of sulfone groups is 1. The highest BCUT2D eigenvalue weighted by Gasteiger charge is 2.26. The maximum atomic E-state index is 12.3. The minimum absolute atomic E-state index is 0.0394. The van der Waals surface area contributed by atoms with E-state index in [4.69, 9.17) is 5.73 Å². The van der Waals surface area contributed by atoms with Crippen molar-refractivity contribution in [2.45, 2.75) is 30.5 Å². The number of halogens is 2. The van der Waals surface area contributed by atoms with E-state index in [1.54, 1.807) is 0 Å². The summed E-state index contributed by atoms with van der Waals surface area (Å²) in [4.78, 5) is -0.387. The number of alkyl halides is 2. The molecule has 19 heavy (non-hydrogen) atoms. The molecule has 3 N–H and O–H groups in total. The van der Waals surface area contributed by atoms with Gasteiger partial charge in [-0.1, -0.05) is 13.8 Å². The van der Waals surface area contributed by atoms with E-state index in [0.29, 0.717) is 18.2 Å². The summed E-state index contributed by atoms with van der Waals surface area (Å²) < 4.78 is 47.2. The van der Waals surface area contributed by atoms with Gasteiger partial charge in [0.1, 0.15) is 0 Å². The monoisotopic (exact) mass is 292 g/mol. The zero-order valence-electron chi connectivity index (χ0n) is 10.8. The first-order chi connectivity index (χ1) is 8.78. The second-order valence-corrected chi connectivity index (χ2v) is 6.48. The van der Waals surface area contributed by atoms with Crippen LogP contribution in [0.4, 0.5) is 14.5 Å². The highest BCUT2D eigenvalue weighted by molar-refractivity contribution is 7.91. The molecule has 4 nitrogen and oxygen atoms in total. The smallest absolute Gasteiger partial charge is 0.341 e. The molecule has 0 fully saturated rings. The van der Waals surface area contributed by atoms with Gasteiger partial charge < -0.3 is 11.1 Å². The van der Waals surface area contributed by atoms with Gasteiger partial charge in [0.25, 0.3) is 0 Å². The summed E-state index contributed by atoms with van der Waals surface area (Å²) in [6.07, 6.45) is 0. The van der Waals surface area contributed by atoms with Crippen molar-refractivity contribution in [1.29, 1.82) is 0 Å². The lowest BCUT2D eigenvalue weighted by atomic mass is 10.0. The predicted molar refractivity (Wildman–Crippen MR) is 70.9 cm³/mol. The van der Waals surface area contributed by atoms with E-state index >= 15 is 0 Å². The van der Waals surface area contributed by atoms with Crippen LogP contribution in [0.5, 0.6) is 0 Å². The number of rotatable bonds is 6. The summed E-state index contributed by atoms with van der Waals surface area (Å²) in [7, 11) is -4.53. The number of nitrogens with one attached hydrogen (secondary N) is 1. The first-order valence-electron chi connectivity index (χ1n) is 5.87. The molecule has 0 spiro atoms. The van der Waals surface area contributed by atoms with Crippen molar-refractivity contribution in [2.24, 2.45) is 11.7 Å². The lowest BCUT2D eigenvalue weighted by Gasteiger charge is -2.21. The van der Waals surface area contributed by atoms with Gasteiger partial charge in [-0.15, -0.1) is 0 Å².